The Morgan fingerprint density at radius 1 is 1.20 bits per heavy atom. The minimum atomic E-state index is 0.0694. The van der Waals surface area contributed by atoms with Crippen molar-refractivity contribution in [2.45, 2.75) is 43.2 Å². The van der Waals surface area contributed by atoms with Gasteiger partial charge in [0.25, 0.3) is 0 Å². The fourth-order valence-electron chi connectivity index (χ4n) is 1.99. The van der Waals surface area contributed by atoms with Crippen LogP contribution < -0.4 is 5.73 Å². The third-order valence-corrected chi connectivity index (χ3v) is 3.25. The molecule has 0 amide bonds. The van der Waals surface area contributed by atoms with Crippen LogP contribution >= 0.6 is 0 Å². The molecular formula is C8H15NO. The van der Waals surface area contributed by atoms with E-state index in [1.54, 1.807) is 7.11 Å². The molecule has 2 heteroatoms. The highest BCUT2D eigenvalue weighted by atomic mass is 16.5. The van der Waals surface area contributed by atoms with Crippen molar-refractivity contribution in [1.29, 1.82) is 0 Å². The summed E-state index contributed by atoms with van der Waals surface area (Å²) in [4.78, 5) is 0. The van der Waals surface area contributed by atoms with Crippen LogP contribution in [-0.2, 0) is 4.74 Å². The van der Waals surface area contributed by atoms with Gasteiger partial charge in [0.1, 0.15) is 0 Å². The van der Waals surface area contributed by atoms with E-state index in [4.69, 9.17) is 10.5 Å². The number of nitrogens with two attached hydrogens (primary N) is 1. The van der Waals surface area contributed by atoms with Crippen molar-refractivity contribution in [1.82, 2.24) is 0 Å². The number of ether oxygens (including phenoxy) is 1. The van der Waals surface area contributed by atoms with E-state index >= 15 is 0 Å². The Balaban J connectivity index is 2.11. The first-order valence-electron chi connectivity index (χ1n) is 4.07. The molecular weight excluding hydrogens is 126 g/mol. The molecule has 0 aliphatic heterocycles. The second kappa shape index (κ2) is 1.74. The molecule has 0 saturated heterocycles. The van der Waals surface area contributed by atoms with E-state index < -0.39 is 0 Å². The van der Waals surface area contributed by atoms with Gasteiger partial charge in [0.2, 0.25) is 0 Å². The van der Waals surface area contributed by atoms with Gasteiger partial charge in [-0.15, -0.1) is 0 Å². The molecule has 10 heavy (non-hydrogen) atoms. The minimum absolute atomic E-state index is 0.0694. The summed E-state index contributed by atoms with van der Waals surface area (Å²) in [7, 11) is 1.80. The molecule has 0 spiro atoms. The fraction of sp³-hybridized carbons (Fsp3) is 1.00. The Morgan fingerprint density at radius 2 is 1.80 bits per heavy atom. The van der Waals surface area contributed by atoms with Crippen molar-refractivity contribution in [3.05, 3.63) is 0 Å². The predicted molar refractivity (Wildman–Crippen MR) is 39.7 cm³/mol. The maximum absolute atomic E-state index is 6.07. The molecule has 2 saturated carbocycles. The second-order valence-corrected chi connectivity index (χ2v) is 3.71. The van der Waals surface area contributed by atoms with Crippen LogP contribution in [0.4, 0.5) is 0 Å². The normalized spacial score (nSPS) is 33.0. The third kappa shape index (κ3) is 0.611. The standard InChI is InChI=1S/C8H15NO/c1-10-8(3-2-4-8)7(9)5-6-7/h2-6,9H2,1H3. The Labute approximate surface area is 61.7 Å². The van der Waals surface area contributed by atoms with Gasteiger partial charge in [0.05, 0.1) is 5.60 Å². The third-order valence-electron chi connectivity index (χ3n) is 3.25. The van der Waals surface area contributed by atoms with E-state index in [2.05, 4.69) is 0 Å². The molecule has 2 aliphatic rings. The smallest absolute Gasteiger partial charge is 0.0857 e. The Hall–Kier alpha value is -0.0800. The average Bonchev–Trinajstić information content (AvgIpc) is 2.47. The summed E-state index contributed by atoms with van der Waals surface area (Å²) in [6.45, 7) is 0. The minimum Gasteiger partial charge on any atom is -0.376 e. The molecule has 2 aliphatic carbocycles. The molecule has 0 radical (unpaired) electrons. The van der Waals surface area contributed by atoms with Gasteiger partial charge in [0.15, 0.2) is 0 Å². The summed E-state index contributed by atoms with van der Waals surface area (Å²) < 4.78 is 5.48. The zero-order valence-corrected chi connectivity index (χ0v) is 6.52. The van der Waals surface area contributed by atoms with Gasteiger partial charge in [-0.2, -0.15) is 0 Å². The van der Waals surface area contributed by atoms with Gasteiger partial charge in [-0.3, -0.25) is 0 Å². The molecule has 2 rings (SSSR count). The lowest BCUT2D eigenvalue weighted by Gasteiger charge is -2.45. The molecule has 0 heterocycles. The Morgan fingerprint density at radius 3 is 1.90 bits per heavy atom. The van der Waals surface area contributed by atoms with Crippen LogP contribution in [0, 0.1) is 0 Å². The molecule has 0 aromatic carbocycles. The summed E-state index contributed by atoms with van der Waals surface area (Å²) in [6.07, 6.45) is 5.99. The van der Waals surface area contributed by atoms with Crippen LogP contribution in [0.15, 0.2) is 0 Å². The van der Waals surface area contributed by atoms with Gasteiger partial charge < -0.3 is 10.5 Å². The molecule has 0 aromatic rings. The quantitative estimate of drug-likeness (QED) is 0.623. The van der Waals surface area contributed by atoms with Crippen LogP contribution in [0.5, 0.6) is 0 Å². The van der Waals surface area contributed by atoms with E-state index in [-0.39, 0.29) is 11.1 Å². The lowest BCUT2D eigenvalue weighted by atomic mass is 9.73. The largest absolute Gasteiger partial charge is 0.376 e. The first-order valence-corrected chi connectivity index (χ1v) is 4.07. The Kier molecular flexibility index (Phi) is 1.15. The first-order chi connectivity index (χ1) is 4.72. The molecule has 2 fully saturated rings. The van der Waals surface area contributed by atoms with Crippen LogP contribution in [0.1, 0.15) is 32.1 Å². The van der Waals surface area contributed by atoms with Crippen molar-refractivity contribution >= 4 is 0 Å². The zero-order chi connectivity index (χ0) is 7.24. The van der Waals surface area contributed by atoms with Crippen LogP contribution in [0.3, 0.4) is 0 Å². The highest BCUT2D eigenvalue weighted by Crippen LogP contribution is 2.53. The average molecular weight is 141 g/mol. The maximum atomic E-state index is 6.07. The lowest BCUT2D eigenvalue weighted by molar-refractivity contribution is -0.0981. The van der Waals surface area contributed by atoms with Crippen LogP contribution in [-0.4, -0.2) is 18.2 Å². The van der Waals surface area contributed by atoms with E-state index in [0.717, 1.165) is 0 Å². The number of hydrogen-bond donors (Lipinski definition) is 1. The molecule has 0 aromatic heterocycles. The number of hydrogen-bond acceptors (Lipinski definition) is 2. The molecule has 58 valence electrons. The van der Waals surface area contributed by atoms with Gasteiger partial charge in [-0.05, 0) is 32.1 Å². The molecule has 2 N–H and O–H groups in total. The van der Waals surface area contributed by atoms with Gasteiger partial charge >= 0.3 is 0 Å². The molecule has 0 bridgehead atoms. The highest BCUT2D eigenvalue weighted by molar-refractivity contribution is 5.17. The van der Waals surface area contributed by atoms with E-state index in [9.17, 15) is 0 Å². The number of methoxy groups -OCH3 is 1. The van der Waals surface area contributed by atoms with Crippen molar-refractivity contribution in [3.63, 3.8) is 0 Å². The Bertz CT molecular complexity index is 142. The van der Waals surface area contributed by atoms with E-state index in [0.29, 0.717) is 0 Å². The second-order valence-electron chi connectivity index (χ2n) is 3.71. The van der Waals surface area contributed by atoms with Gasteiger partial charge in [-0.25, -0.2) is 0 Å². The number of rotatable bonds is 2. The molecule has 2 nitrogen and oxygen atoms in total. The summed E-state index contributed by atoms with van der Waals surface area (Å²) in [5.41, 5.74) is 6.23. The summed E-state index contributed by atoms with van der Waals surface area (Å²) in [6, 6.07) is 0. The van der Waals surface area contributed by atoms with Crippen LogP contribution in [0.2, 0.25) is 0 Å². The molecule has 0 unspecified atom stereocenters. The summed E-state index contributed by atoms with van der Waals surface area (Å²) in [5.74, 6) is 0. The fourth-order valence-corrected chi connectivity index (χ4v) is 1.99. The SMILES string of the molecule is COC1(C2(N)CC2)CCC1. The van der Waals surface area contributed by atoms with Crippen molar-refractivity contribution in [3.8, 4) is 0 Å². The summed E-state index contributed by atoms with van der Waals surface area (Å²) >= 11 is 0. The predicted octanol–water partition coefficient (Wildman–Crippen LogP) is 1.05. The van der Waals surface area contributed by atoms with E-state index in [1.807, 2.05) is 0 Å². The highest BCUT2D eigenvalue weighted by Gasteiger charge is 2.59. The van der Waals surface area contributed by atoms with Crippen molar-refractivity contribution in [2.24, 2.45) is 5.73 Å². The molecule has 0 atom stereocenters. The zero-order valence-electron chi connectivity index (χ0n) is 6.52. The van der Waals surface area contributed by atoms with Gasteiger partial charge in [0, 0.05) is 12.6 Å². The van der Waals surface area contributed by atoms with E-state index in [1.165, 1.54) is 32.1 Å². The van der Waals surface area contributed by atoms with Crippen molar-refractivity contribution in [2.75, 3.05) is 7.11 Å². The van der Waals surface area contributed by atoms with Crippen LogP contribution in [0.25, 0.3) is 0 Å². The van der Waals surface area contributed by atoms with Gasteiger partial charge in [-0.1, -0.05) is 0 Å². The topological polar surface area (TPSA) is 35.2 Å². The van der Waals surface area contributed by atoms with Crippen molar-refractivity contribution < 1.29 is 4.74 Å². The summed E-state index contributed by atoms with van der Waals surface area (Å²) in [5, 5.41) is 0. The lowest BCUT2D eigenvalue weighted by Crippen LogP contribution is -2.56. The first kappa shape index (κ1) is 6.62. The monoisotopic (exact) mass is 141 g/mol. The maximum Gasteiger partial charge on any atom is 0.0857 e.